The molecule has 2 aromatic heterocycles. The van der Waals surface area contributed by atoms with E-state index >= 15 is 0 Å². The molecular formula is C27H32ClN5O5. The molecule has 0 saturated carbocycles. The number of carbonyl (C=O) groups is 2. The molecule has 0 bridgehead atoms. The van der Waals surface area contributed by atoms with Crippen LogP contribution >= 0.6 is 11.6 Å². The van der Waals surface area contributed by atoms with Crippen molar-refractivity contribution in [1.29, 1.82) is 5.41 Å². The maximum absolute atomic E-state index is 13.8. The first kappa shape index (κ1) is 27.4. The summed E-state index contributed by atoms with van der Waals surface area (Å²) in [4.78, 5) is 28.9. The Kier molecular flexibility index (Phi) is 8.53. The number of furan rings is 1. The summed E-state index contributed by atoms with van der Waals surface area (Å²) in [5, 5.41) is 15.6. The quantitative estimate of drug-likeness (QED) is 0.282. The molecule has 11 heteroatoms. The van der Waals surface area contributed by atoms with E-state index in [1.165, 1.54) is 22.0 Å². The summed E-state index contributed by atoms with van der Waals surface area (Å²) in [5.41, 5.74) is 2.04. The smallest absolute Gasteiger partial charge is 0.414 e. The van der Waals surface area contributed by atoms with E-state index in [0.717, 1.165) is 6.42 Å². The average Bonchev–Trinajstić information content (AvgIpc) is 3.52. The minimum Gasteiger partial charge on any atom is -0.449 e. The first-order chi connectivity index (χ1) is 18.3. The topological polar surface area (TPSA) is 123 Å². The fraction of sp³-hybridized carbons (Fsp3) is 0.407. The molecule has 10 nitrogen and oxygen atoms in total. The van der Waals surface area contributed by atoms with Crippen LogP contribution in [-0.4, -0.2) is 60.3 Å². The first-order valence-electron chi connectivity index (χ1n) is 12.6. The number of aromatic nitrogens is 2. The molecule has 1 amide bonds. The summed E-state index contributed by atoms with van der Waals surface area (Å²) in [6.45, 7) is 4.39. The number of hydrogen-bond donors (Lipinski definition) is 2. The Bertz CT molecular complexity index is 1380. The number of anilines is 1. The number of amides is 1. The van der Waals surface area contributed by atoms with E-state index in [9.17, 15) is 9.59 Å². The van der Waals surface area contributed by atoms with E-state index in [4.69, 9.17) is 30.9 Å². The van der Waals surface area contributed by atoms with Gasteiger partial charge >= 0.3 is 6.09 Å². The van der Waals surface area contributed by atoms with Gasteiger partial charge in [0.15, 0.2) is 11.3 Å². The second kappa shape index (κ2) is 11.8. The maximum atomic E-state index is 13.8. The monoisotopic (exact) mass is 541 g/mol. The number of aryl methyl sites for hydroxylation is 1. The van der Waals surface area contributed by atoms with Gasteiger partial charge in [0, 0.05) is 56.3 Å². The zero-order valence-electron chi connectivity index (χ0n) is 21.9. The van der Waals surface area contributed by atoms with E-state index in [1.54, 1.807) is 45.5 Å². The SMILES string of the molecule is CCOC(=O)N(c1c(C(=O)c2cnn(C)c2)oc2c(Cl)cc(/C(C=N)=C/NC)cc12)[C@H]1CCO[C@@H](CC)C1. The van der Waals surface area contributed by atoms with Gasteiger partial charge in [0.05, 0.1) is 29.5 Å². The van der Waals surface area contributed by atoms with Gasteiger partial charge in [-0.1, -0.05) is 18.5 Å². The van der Waals surface area contributed by atoms with E-state index in [2.05, 4.69) is 10.4 Å². The molecule has 3 aromatic rings. The fourth-order valence-electron chi connectivity index (χ4n) is 4.73. The van der Waals surface area contributed by atoms with Gasteiger partial charge in [-0.25, -0.2) is 4.79 Å². The number of nitrogens with one attached hydrogen (secondary N) is 2. The summed E-state index contributed by atoms with van der Waals surface area (Å²) in [7, 11) is 3.44. The number of allylic oxidation sites excluding steroid dienone is 1. The lowest BCUT2D eigenvalue weighted by Gasteiger charge is -2.36. The molecule has 1 aliphatic heterocycles. The number of hydrogen-bond acceptors (Lipinski definition) is 8. The summed E-state index contributed by atoms with van der Waals surface area (Å²) in [6.07, 6.45) is 7.19. The van der Waals surface area contributed by atoms with E-state index < -0.39 is 11.9 Å². The van der Waals surface area contributed by atoms with Crippen LogP contribution in [0.3, 0.4) is 0 Å². The summed E-state index contributed by atoms with van der Waals surface area (Å²) in [5.74, 6) is -0.470. The molecule has 0 aliphatic carbocycles. The van der Waals surface area contributed by atoms with Gasteiger partial charge in [0.2, 0.25) is 5.78 Å². The molecule has 202 valence electrons. The molecule has 1 saturated heterocycles. The normalized spacial score (nSPS) is 17.9. The maximum Gasteiger partial charge on any atom is 0.414 e. The van der Waals surface area contributed by atoms with Crippen LogP contribution in [0.15, 0.2) is 35.1 Å². The molecule has 4 rings (SSSR count). The Morgan fingerprint density at radius 3 is 2.76 bits per heavy atom. The van der Waals surface area contributed by atoms with Crippen LogP contribution in [0.2, 0.25) is 5.02 Å². The van der Waals surface area contributed by atoms with Crippen LogP contribution in [0, 0.1) is 5.41 Å². The molecule has 1 aliphatic rings. The van der Waals surface area contributed by atoms with Crippen LogP contribution in [-0.2, 0) is 16.5 Å². The number of halogens is 1. The number of rotatable bonds is 9. The predicted octanol–water partition coefficient (Wildman–Crippen LogP) is 5.18. The number of carbonyl (C=O) groups excluding carboxylic acids is 2. The van der Waals surface area contributed by atoms with Gasteiger partial charge < -0.3 is 24.6 Å². The van der Waals surface area contributed by atoms with Crippen molar-refractivity contribution >= 4 is 51.9 Å². The van der Waals surface area contributed by atoms with Crippen LogP contribution in [0.5, 0.6) is 0 Å². The summed E-state index contributed by atoms with van der Waals surface area (Å²) in [6, 6.07) is 3.14. The van der Waals surface area contributed by atoms with Gasteiger partial charge in [-0.05, 0) is 43.9 Å². The molecule has 38 heavy (non-hydrogen) atoms. The minimum atomic E-state index is -0.586. The Balaban J connectivity index is 2.01. The number of benzene rings is 1. The first-order valence-corrected chi connectivity index (χ1v) is 13.0. The largest absolute Gasteiger partial charge is 0.449 e. The highest BCUT2D eigenvalue weighted by molar-refractivity contribution is 6.36. The van der Waals surface area contributed by atoms with Crippen LogP contribution in [0.25, 0.3) is 16.5 Å². The molecule has 0 radical (unpaired) electrons. The van der Waals surface area contributed by atoms with Crippen LogP contribution in [0.4, 0.5) is 10.5 Å². The second-order valence-corrected chi connectivity index (χ2v) is 9.43. The third-order valence-corrected chi connectivity index (χ3v) is 6.83. The van der Waals surface area contributed by atoms with E-state index in [0.29, 0.717) is 41.5 Å². The molecule has 2 N–H and O–H groups in total. The van der Waals surface area contributed by atoms with Crippen molar-refractivity contribution in [1.82, 2.24) is 15.1 Å². The lowest BCUT2D eigenvalue weighted by molar-refractivity contribution is 0.00468. The Labute approximate surface area is 226 Å². The number of nitrogens with zero attached hydrogens (tertiary/aromatic N) is 3. The average molecular weight is 542 g/mol. The van der Waals surface area contributed by atoms with Gasteiger partial charge in [-0.15, -0.1) is 0 Å². The van der Waals surface area contributed by atoms with Gasteiger partial charge in [-0.3, -0.25) is 14.4 Å². The Morgan fingerprint density at radius 1 is 1.34 bits per heavy atom. The lowest BCUT2D eigenvalue weighted by atomic mass is 9.98. The molecule has 2 atom stereocenters. The second-order valence-electron chi connectivity index (χ2n) is 9.03. The van der Waals surface area contributed by atoms with E-state index in [1.807, 2.05) is 6.92 Å². The van der Waals surface area contributed by atoms with Crippen molar-refractivity contribution in [3.8, 4) is 0 Å². The van der Waals surface area contributed by atoms with Crippen molar-refractivity contribution in [2.45, 2.75) is 45.3 Å². The lowest BCUT2D eigenvalue weighted by Crippen LogP contribution is -2.46. The van der Waals surface area contributed by atoms with Gasteiger partial charge in [-0.2, -0.15) is 5.10 Å². The van der Waals surface area contributed by atoms with Crippen molar-refractivity contribution in [2.75, 3.05) is 25.2 Å². The molecular weight excluding hydrogens is 510 g/mol. The highest BCUT2D eigenvalue weighted by Gasteiger charge is 2.38. The highest BCUT2D eigenvalue weighted by atomic mass is 35.5. The molecule has 0 spiro atoms. The Hall–Kier alpha value is -3.63. The summed E-state index contributed by atoms with van der Waals surface area (Å²) < 4.78 is 19.0. The van der Waals surface area contributed by atoms with E-state index in [-0.39, 0.29) is 40.8 Å². The predicted molar refractivity (Wildman–Crippen MR) is 146 cm³/mol. The molecule has 3 heterocycles. The van der Waals surface area contributed by atoms with Crippen LogP contribution < -0.4 is 10.2 Å². The highest BCUT2D eigenvalue weighted by Crippen LogP contribution is 2.42. The third kappa shape index (κ3) is 5.32. The zero-order valence-corrected chi connectivity index (χ0v) is 22.7. The standard InChI is InChI=1S/C27H32ClN5O5/c1-5-20-11-19(7-8-37-20)33(27(35)36-6-2)23-21-9-16(17(12-29)13-30-3)10-22(28)25(21)38-26(23)24(34)18-14-31-32(4)15-18/h9-10,12-15,19-20,29-30H,5-8,11H2,1-4H3/b17-13+,29-12?/t19-,20-/m0/s1. The van der Waals surface area contributed by atoms with Gasteiger partial charge in [0.25, 0.3) is 0 Å². The third-order valence-electron chi connectivity index (χ3n) is 6.55. The molecule has 0 unspecified atom stereocenters. The number of ether oxygens (including phenoxy) is 2. The Morgan fingerprint density at radius 2 is 2.13 bits per heavy atom. The van der Waals surface area contributed by atoms with Crippen molar-refractivity contribution in [3.05, 3.63) is 52.6 Å². The zero-order chi connectivity index (χ0) is 27.4. The molecule has 1 fully saturated rings. The number of ketones is 1. The van der Waals surface area contributed by atoms with Crippen LogP contribution in [0.1, 0.15) is 54.8 Å². The van der Waals surface area contributed by atoms with Crippen molar-refractivity contribution in [3.63, 3.8) is 0 Å². The van der Waals surface area contributed by atoms with Gasteiger partial charge in [0.1, 0.15) is 5.69 Å². The molecule has 1 aromatic carbocycles. The minimum absolute atomic E-state index is 0.0337. The number of fused-ring (bicyclic) bond motifs is 1. The fourth-order valence-corrected chi connectivity index (χ4v) is 4.99. The van der Waals surface area contributed by atoms with Crippen molar-refractivity contribution in [2.24, 2.45) is 7.05 Å². The van der Waals surface area contributed by atoms with Crippen molar-refractivity contribution < 1.29 is 23.5 Å². The summed E-state index contributed by atoms with van der Waals surface area (Å²) >= 11 is 6.68.